The Morgan fingerprint density at radius 3 is 2.71 bits per heavy atom. The highest BCUT2D eigenvalue weighted by atomic mass is 35.5. The van der Waals surface area contributed by atoms with Gasteiger partial charge in [-0.05, 0) is 73.9 Å². The van der Waals surface area contributed by atoms with Crippen molar-refractivity contribution in [2.45, 2.75) is 45.6 Å². The zero-order valence-electron chi connectivity index (χ0n) is 16.2. The predicted molar refractivity (Wildman–Crippen MR) is 113 cm³/mol. The number of amides is 1. The molecule has 0 heterocycles. The minimum atomic E-state index is -0.460. The second-order valence-corrected chi connectivity index (χ2v) is 7.57. The molecule has 0 fully saturated rings. The molecule has 2 N–H and O–H groups in total. The van der Waals surface area contributed by atoms with Crippen LogP contribution in [0.3, 0.4) is 0 Å². The van der Waals surface area contributed by atoms with Crippen LogP contribution in [-0.4, -0.2) is 5.91 Å². The normalized spacial score (nSPS) is 14.6. The van der Waals surface area contributed by atoms with Crippen LogP contribution in [0.1, 0.15) is 48.1 Å². The molecule has 0 aromatic heterocycles. The molecule has 28 heavy (non-hydrogen) atoms. The Kier molecular flexibility index (Phi) is 6.38. The first-order chi connectivity index (χ1) is 13.5. The predicted octanol–water partition coefficient (Wildman–Crippen LogP) is 5.22. The summed E-state index contributed by atoms with van der Waals surface area (Å²) in [7, 11) is 0. The Morgan fingerprint density at radius 2 is 1.96 bits per heavy atom. The van der Waals surface area contributed by atoms with Gasteiger partial charge in [0.05, 0.1) is 0 Å². The maximum atomic E-state index is 12.5. The van der Waals surface area contributed by atoms with Gasteiger partial charge in [0.25, 0.3) is 5.91 Å². The van der Waals surface area contributed by atoms with E-state index < -0.39 is 5.91 Å². The fraction of sp³-hybridized carbons (Fsp3) is 0.304. The molecule has 2 aromatic carbocycles. The fourth-order valence-electron chi connectivity index (χ4n) is 3.41. The number of halogens is 1. The second-order valence-electron chi connectivity index (χ2n) is 7.16. The Bertz CT molecular complexity index is 959. The molecular weight excluding hydrogens is 370 g/mol. The van der Waals surface area contributed by atoms with Crippen LogP contribution < -0.4 is 10.6 Å². The minimum Gasteiger partial charge on any atom is -0.383 e. The molecule has 1 unspecified atom stereocenters. The van der Waals surface area contributed by atoms with E-state index in [-0.39, 0.29) is 11.6 Å². The topological polar surface area (TPSA) is 64.9 Å². The molecule has 0 saturated carbocycles. The lowest BCUT2D eigenvalue weighted by molar-refractivity contribution is -0.112. The van der Waals surface area contributed by atoms with Crippen molar-refractivity contribution in [3.05, 3.63) is 75.4 Å². The monoisotopic (exact) mass is 393 g/mol. The van der Waals surface area contributed by atoms with E-state index in [1.807, 2.05) is 19.9 Å². The molecule has 4 nitrogen and oxygen atoms in total. The number of benzene rings is 2. The summed E-state index contributed by atoms with van der Waals surface area (Å²) in [5.74, 6) is -0.460. The summed E-state index contributed by atoms with van der Waals surface area (Å²) in [6, 6.07) is 13.8. The van der Waals surface area contributed by atoms with Crippen LogP contribution in [0.5, 0.6) is 0 Å². The highest BCUT2D eigenvalue weighted by Crippen LogP contribution is 2.25. The average Bonchev–Trinajstić information content (AvgIpc) is 2.71. The number of rotatable bonds is 5. The second kappa shape index (κ2) is 8.95. The van der Waals surface area contributed by atoms with Gasteiger partial charge in [-0.2, -0.15) is 5.26 Å². The van der Waals surface area contributed by atoms with Gasteiger partial charge in [0, 0.05) is 23.0 Å². The van der Waals surface area contributed by atoms with Gasteiger partial charge in [0.15, 0.2) is 0 Å². The number of fused-ring (bicyclic) bond motifs is 1. The number of anilines is 1. The van der Waals surface area contributed by atoms with E-state index in [0.717, 1.165) is 24.0 Å². The molecular formula is C23H24ClN3O. The van der Waals surface area contributed by atoms with Crippen LogP contribution >= 0.6 is 11.6 Å². The van der Waals surface area contributed by atoms with Gasteiger partial charge >= 0.3 is 0 Å². The van der Waals surface area contributed by atoms with Crippen LogP contribution in [0, 0.1) is 18.3 Å². The summed E-state index contributed by atoms with van der Waals surface area (Å²) in [5.41, 5.74) is 5.39. The number of nitrogens with one attached hydrogen (secondary N) is 2. The van der Waals surface area contributed by atoms with Gasteiger partial charge in [-0.15, -0.1) is 0 Å². The lowest BCUT2D eigenvalue weighted by Gasteiger charge is -2.19. The van der Waals surface area contributed by atoms with Crippen LogP contribution in [0.4, 0.5) is 5.69 Å². The Balaban J connectivity index is 1.69. The van der Waals surface area contributed by atoms with Crippen molar-refractivity contribution >= 4 is 23.2 Å². The Labute approximate surface area is 171 Å². The number of hydrogen-bond acceptors (Lipinski definition) is 3. The first-order valence-corrected chi connectivity index (χ1v) is 9.92. The van der Waals surface area contributed by atoms with E-state index in [9.17, 15) is 10.1 Å². The third-order valence-electron chi connectivity index (χ3n) is 5.23. The largest absolute Gasteiger partial charge is 0.383 e. The zero-order chi connectivity index (χ0) is 20.1. The molecule has 3 rings (SSSR count). The highest BCUT2D eigenvalue weighted by Gasteiger charge is 2.14. The smallest absolute Gasteiger partial charge is 0.267 e. The summed E-state index contributed by atoms with van der Waals surface area (Å²) in [6.07, 6.45) is 6.25. The number of carbonyl (C=O) groups excluding carboxylic acids is 1. The molecule has 1 aliphatic rings. The van der Waals surface area contributed by atoms with E-state index in [4.69, 9.17) is 11.6 Å². The molecule has 5 heteroatoms. The first-order valence-electron chi connectivity index (χ1n) is 9.54. The van der Waals surface area contributed by atoms with Gasteiger partial charge in [0.1, 0.15) is 11.6 Å². The first kappa shape index (κ1) is 20.0. The summed E-state index contributed by atoms with van der Waals surface area (Å²) in [5, 5.41) is 15.9. The van der Waals surface area contributed by atoms with Crippen molar-refractivity contribution in [1.29, 1.82) is 5.26 Å². The van der Waals surface area contributed by atoms with Crippen molar-refractivity contribution in [3.8, 4) is 6.07 Å². The summed E-state index contributed by atoms with van der Waals surface area (Å²) in [4.78, 5) is 12.5. The summed E-state index contributed by atoms with van der Waals surface area (Å²) in [6.45, 7) is 3.85. The molecule has 1 atom stereocenters. The molecule has 144 valence electrons. The Morgan fingerprint density at radius 1 is 1.21 bits per heavy atom. The molecule has 0 spiro atoms. The number of nitrogens with zero attached hydrogens (tertiary/aromatic N) is 1. The summed E-state index contributed by atoms with van der Waals surface area (Å²) >= 11 is 6.09. The van der Waals surface area contributed by atoms with Crippen molar-refractivity contribution in [3.63, 3.8) is 0 Å². The van der Waals surface area contributed by atoms with Crippen molar-refractivity contribution in [1.82, 2.24) is 5.32 Å². The molecule has 0 radical (unpaired) electrons. The van der Waals surface area contributed by atoms with Crippen molar-refractivity contribution < 1.29 is 4.79 Å². The van der Waals surface area contributed by atoms with Crippen molar-refractivity contribution in [2.75, 3.05) is 5.32 Å². The van der Waals surface area contributed by atoms with Crippen LogP contribution in [0.2, 0.25) is 5.02 Å². The molecule has 2 aromatic rings. The molecule has 0 bridgehead atoms. The van der Waals surface area contributed by atoms with E-state index in [1.165, 1.54) is 30.2 Å². The number of nitriles is 1. The average molecular weight is 394 g/mol. The zero-order valence-corrected chi connectivity index (χ0v) is 16.9. The third kappa shape index (κ3) is 4.55. The molecule has 0 aliphatic heterocycles. The van der Waals surface area contributed by atoms with E-state index in [2.05, 4.69) is 28.8 Å². The van der Waals surface area contributed by atoms with Gasteiger partial charge in [-0.25, -0.2) is 0 Å². The number of aryl methyl sites for hydroxylation is 2. The van der Waals surface area contributed by atoms with Gasteiger partial charge in [-0.1, -0.05) is 35.9 Å². The third-order valence-corrected chi connectivity index (χ3v) is 5.64. The lowest BCUT2D eigenvalue weighted by atomic mass is 9.89. The van der Waals surface area contributed by atoms with Crippen LogP contribution in [0.25, 0.3) is 0 Å². The maximum Gasteiger partial charge on any atom is 0.267 e. The van der Waals surface area contributed by atoms with Crippen LogP contribution in [-0.2, 0) is 17.6 Å². The Hall–Kier alpha value is -2.77. The molecule has 1 amide bonds. The fourth-order valence-corrected chi connectivity index (χ4v) is 3.58. The van der Waals surface area contributed by atoms with Crippen molar-refractivity contribution in [2.24, 2.45) is 0 Å². The molecule has 0 saturated heterocycles. The van der Waals surface area contributed by atoms with Gasteiger partial charge in [-0.3, -0.25) is 4.79 Å². The minimum absolute atomic E-state index is 0.00344. The maximum absolute atomic E-state index is 12.5. The summed E-state index contributed by atoms with van der Waals surface area (Å²) < 4.78 is 0. The number of carbonyl (C=O) groups is 1. The van der Waals surface area contributed by atoms with E-state index in [1.54, 1.807) is 18.2 Å². The number of hydrogen-bond donors (Lipinski definition) is 2. The van der Waals surface area contributed by atoms with E-state index >= 15 is 0 Å². The quantitative estimate of drug-likeness (QED) is 0.540. The van der Waals surface area contributed by atoms with Crippen LogP contribution in [0.15, 0.2) is 48.2 Å². The van der Waals surface area contributed by atoms with E-state index in [0.29, 0.717) is 10.7 Å². The molecule has 1 aliphatic carbocycles. The SMILES string of the molecule is Cc1c(Cl)cccc1NC(=O)/C(C#N)=C\NC(C)c1ccc2c(c1)CCCC2. The lowest BCUT2D eigenvalue weighted by Crippen LogP contribution is -2.19. The van der Waals surface area contributed by atoms with Gasteiger partial charge < -0.3 is 10.6 Å². The van der Waals surface area contributed by atoms with Gasteiger partial charge in [0.2, 0.25) is 0 Å². The highest BCUT2D eigenvalue weighted by molar-refractivity contribution is 6.31. The standard InChI is InChI=1S/C23H24ClN3O/c1-15-21(24)8-5-9-22(15)27-23(28)20(13-25)14-26-16(2)18-11-10-17-6-3-4-7-19(17)12-18/h5,8-12,14,16,26H,3-4,6-7H2,1-2H3,(H,27,28)/b20-14-.